The van der Waals surface area contributed by atoms with E-state index in [4.69, 9.17) is 13.9 Å². The van der Waals surface area contributed by atoms with Gasteiger partial charge in [-0.25, -0.2) is 0 Å². The fourth-order valence-corrected chi connectivity index (χ4v) is 2.53. The lowest BCUT2D eigenvalue weighted by atomic mass is 10.1. The lowest BCUT2D eigenvalue weighted by Crippen LogP contribution is -1.97. The van der Waals surface area contributed by atoms with E-state index in [1.54, 1.807) is 12.1 Å². The number of hydrogen-bond donors (Lipinski definition) is 0. The number of allylic oxidation sites excluding steroid dienone is 1. The first-order valence-electron chi connectivity index (χ1n) is 7.65. The van der Waals surface area contributed by atoms with E-state index in [2.05, 4.69) is 0 Å². The lowest BCUT2D eigenvalue weighted by molar-refractivity contribution is -0.385. The summed E-state index contributed by atoms with van der Waals surface area (Å²) in [5.41, 5.74) is 0.620. The number of ether oxygens (including phenoxy) is 2. The first-order valence-corrected chi connectivity index (χ1v) is 7.65. The third kappa shape index (κ3) is 3.27. The maximum absolute atomic E-state index is 12.3. The van der Waals surface area contributed by atoms with E-state index in [9.17, 15) is 14.9 Å². The van der Waals surface area contributed by atoms with Crippen LogP contribution in [0, 0.1) is 10.1 Å². The van der Waals surface area contributed by atoms with Crippen LogP contribution in [0.25, 0.3) is 17.0 Å². The van der Waals surface area contributed by atoms with E-state index >= 15 is 0 Å². The largest absolute Gasteiger partial charge is 0.493 e. The van der Waals surface area contributed by atoms with Gasteiger partial charge >= 0.3 is 0 Å². The Kier molecular flexibility index (Phi) is 4.70. The Morgan fingerprint density at radius 3 is 2.46 bits per heavy atom. The van der Waals surface area contributed by atoms with Gasteiger partial charge in [-0.3, -0.25) is 14.9 Å². The molecule has 0 N–H and O–H groups in total. The summed E-state index contributed by atoms with van der Waals surface area (Å²) in [6.07, 6.45) is 2.58. The van der Waals surface area contributed by atoms with Crippen LogP contribution in [-0.2, 0) is 0 Å². The standard InChI is InChI=1S/C19H15NO6/c1-24-18-9-12(14(20(22)23)11-19(18)25-2)7-8-15(21)17-10-13-5-3-4-6-16(13)26-17/h3-11H,1-2H3. The lowest BCUT2D eigenvalue weighted by Gasteiger charge is -2.08. The summed E-state index contributed by atoms with van der Waals surface area (Å²) in [6, 6.07) is 11.6. The second-order valence-corrected chi connectivity index (χ2v) is 5.37. The molecule has 0 aliphatic carbocycles. The van der Waals surface area contributed by atoms with Gasteiger partial charge in [-0.15, -0.1) is 0 Å². The number of nitro groups is 1. The van der Waals surface area contributed by atoms with E-state index in [1.165, 1.54) is 38.5 Å². The minimum atomic E-state index is -0.548. The van der Waals surface area contributed by atoms with Gasteiger partial charge in [-0.1, -0.05) is 18.2 Å². The predicted molar refractivity (Wildman–Crippen MR) is 95.8 cm³/mol. The van der Waals surface area contributed by atoms with Gasteiger partial charge in [-0.2, -0.15) is 0 Å². The van der Waals surface area contributed by atoms with Crippen molar-refractivity contribution in [3.63, 3.8) is 0 Å². The van der Waals surface area contributed by atoms with Crippen molar-refractivity contribution >= 4 is 28.5 Å². The van der Waals surface area contributed by atoms with Gasteiger partial charge in [-0.05, 0) is 30.4 Å². The van der Waals surface area contributed by atoms with Crippen molar-refractivity contribution in [2.45, 2.75) is 0 Å². The number of methoxy groups -OCH3 is 2. The van der Waals surface area contributed by atoms with E-state index in [0.717, 1.165) is 5.39 Å². The van der Waals surface area contributed by atoms with Crippen LogP contribution in [0.3, 0.4) is 0 Å². The number of hydrogen-bond acceptors (Lipinski definition) is 6. The Morgan fingerprint density at radius 1 is 1.12 bits per heavy atom. The molecule has 0 amide bonds. The number of fused-ring (bicyclic) bond motifs is 1. The summed E-state index contributed by atoms with van der Waals surface area (Å²) < 4.78 is 15.7. The normalized spacial score (nSPS) is 11.0. The first-order chi connectivity index (χ1) is 12.5. The summed E-state index contributed by atoms with van der Waals surface area (Å²) in [4.78, 5) is 23.1. The van der Waals surface area contributed by atoms with Crippen molar-refractivity contribution in [2.75, 3.05) is 14.2 Å². The zero-order chi connectivity index (χ0) is 18.7. The van der Waals surface area contributed by atoms with Crippen molar-refractivity contribution in [2.24, 2.45) is 0 Å². The van der Waals surface area contributed by atoms with Crippen LogP contribution in [0.2, 0.25) is 0 Å². The predicted octanol–water partition coefficient (Wildman–Crippen LogP) is 4.25. The maximum atomic E-state index is 12.3. The number of nitro benzene ring substituents is 1. The molecule has 132 valence electrons. The molecule has 2 aromatic carbocycles. The molecule has 0 spiro atoms. The topological polar surface area (TPSA) is 91.8 Å². The highest BCUT2D eigenvalue weighted by molar-refractivity contribution is 6.07. The molecule has 7 heteroatoms. The molecule has 0 aliphatic heterocycles. The zero-order valence-electron chi connectivity index (χ0n) is 14.1. The van der Waals surface area contributed by atoms with Crippen molar-refractivity contribution < 1.29 is 23.6 Å². The molecule has 1 aromatic heterocycles. The SMILES string of the molecule is COc1cc(C=CC(=O)c2cc3ccccc3o2)c([N+](=O)[O-])cc1OC. The number of nitrogens with zero attached hydrogens (tertiary/aromatic N) is 1. The third-order valence-corrected chi connectivity index (χ3v) is 3.81. The monoisotopic (exact) mass is 353 g/mol. The molecule has 0 saturated carbocycles. The smallest absolute Gasteiger partial charge is 0.280 e. The van der Waals surface area contributed by atoms with Crippen LogP contribution in [0.4, 0.5) is 5.69 Å². The molecule has 0 saturated heterocycles. The molecule has 0 radical (unpaired) electrons. The van der Waals surface area contributed by atoms with Gasteiger partial charge in [0.05, 0.1) is 30.8 Å². The Morgan fingerprint density at radius 2 is 1.81 bits per heavy atom. The highest BCUT2D eigenvalue weighted by atomic mass is 16.6. The highest BCUT2D eigenvalue weighted by Crippen LogP contribution is 2.35. The number of para-hydroxylation sites is 1. The van der Waals surface area contributed by atoms with Gasteiger partial charge in [0.1, 0.15) is 5.58 Å². The highest BCUT2D eigenvalue weighted by Gasteiger charge is 2.18. The molecule has 3 rings (SSSR count). The Balaban J connectivity index is 1.96. The minimum Gasteiger partial charge on any atom is -0.493 e. The number of rotatable bonds is 6. The van der Waals surface area contributed by atoms with Crippen LogP contribution >= 0.6 is 0 Å². The molecule has 26 heavy (non-hydrogen) atoms. The molecule has 0 aliphatic rings. The second kappa shape index (κ2) is 7.10. The summed E-state index contributed by atoms with van der Waals surface area (Å²) in [5.74, 6) is 0.324. The molecular weight excluding hydrogens is 338 g/mol. The van der Waals surface area contributed by atoms with Crippen molar-refractivity contribution in [1.82, 2.24) is 0 Å². The summed E-state index contributed by atoms with van der Waals surface area (Å²) in [5, 5.41) is 12.1. The van der Waals surface area contributed by atoms with E-state index in [1.807, 2.05) is 18.2 Å². The van der Waals surface area contributed by atoms with E-state index in [0.29, 0.717) is 11.3 Å². The fourth-order valence-electron chi connectivity index (χ4n) is 2.53. The van der Waals surface area contributed by atoms with E-state index < -0.39 is 10.7 Å². The number of benzene rings is 2. The van der Waals surface area contributed by atoms with Gasteiger partial charge < -0.3 is 13.9 Å². The van der Waals surface area contributed by atoms with Gasteiger partial charge in [0, 0.05) is 5.39 Å². The minimum absolute atomic E-state index is 0.158. The average molecular weight is 353 g/mol. The molecule has 0 unspecified atom stereocenters. The number of ketones is 1. The summed E-state index contributed by atoms with van der Waals surface area (Å²) in [7, 11) is 2.82. The van der Waals surface area contributed by atoms with Crippen LogP contribution in [-0.4, -0.2) is 24.9 Å². The van der Waals surface area contributed by atoms with Crippen molar-refractivity contribution in [1.29, 1.82) is 0 Å². The first kappa shape index (κ1) is 17.2. The van der Waals surface area contributed by atoms with E-state index in [-0.39, 0.29) is 22.8 Å². The maximum Gasteiger partial charge on any atom is 0.280 e. The number of carbonyl (C=O) groups is 1. The number of furan rings is 1. The third-order valence-electron chi connectivity index (χ3n) is 3.81. The number of carbonyl (C=O) groups excluding carboxylic acids is 1. The Labute approximate surface area is 148 Å². The molecule has 1 heterocycles. The fraction of sp³-hybridized carbons (Fsp3) is 0.105. The van der Waals surface area contributed by atoms with Crippen LogP contribution in [0.15, 0.2) is 53.0 Å². The van der Waals surface area contributed by atoms with Crippen LogP contribution in [0.1, 0.15) is 16.1 Å². The molecule has 0 fully saturated rings. The van der Waals surface area contributed by atoms with Crippen LogP contribution < -0.4 is 9.47 Å². The Hall–Kier alpha value is -3.61. The molecule has 0 bridgehead atoms. The van der Waals surface area contributed by atoms with Gasteiger partial charge in [0.15, 0.2) is 17.3 Å². The zero-order valence-corrected chi connectivity index (χ0v) is 14.1. The molecule has 7 nitrogen and oxygen atoms in total. The summed E-state index contributed by atoms with van der Waals surface area (Å²) in [6.45, 7) is 0. The average Bonchev–Trinajstić information content (AvgIpc) is 3.09. The van der Waals surface area contributed by atoms with Gasteiger partial charge in [0.2, 0.25) is 5.78 Å². The molecule has 3 aromatic rings. The van der Waals surface area contributed by atoms with Gasteiger partial charge in [0.25, 0.3) is 5.69 Å². The second-order valence-electron chi connectivity index (χ2n) is 5.37. The Bertz CT molecular complexity index is 985. The van der Waals surface area contributed by atoms with Crippen molar-refractivity contribution in [3.05, 3.63) is 70.0 Å². The molecular formula is C19H15NO6. The van der Waals surface area contributed by atoms with Crippen molar-refractivity contribution in [3.8, 4) is 11.5 Å². The van der Waals surface area contributed by atoms with Crippen LogP contribution in [0.5, 0.6) is 11.5 Å². The quantitative estimate of drug-likeness (QED) is 0.285. The molecule has 0 atom stereocenters. The summed E-state index contributed by atoms with van der Waals surface area (Å²) >= 11 is 0.